The summed E-state index contributed by atoms with van der Waals surface area (Å²) in [5.41, 5.74) is 7.89. The molecule has 1 heterocycles. The van der Waals surface area contributed by atoms with Crippen LogP contribution in [0.1, 0.15) is 78.1 Å². The second-order valence-electron chi connectivity index (χ2n) is 9.93. The maximum absolute atomic E-state index is 12.3. The summed E-state index contributed by atoms with van der Waals surface area (Å²) >= 11 is 0. The third-order valence-corrected chi connectivity index (χ3v) is 7.04. The van der Waals surface area contributed by atoms with E-state index >= 15 is 0 Å². The molecule has 0 spiro atoms. The van der Waals surface area contributed by atoms with E-state index in [-0.39, 0.29) is 17.6 Å². The fraction of sp³-hybridized carbons (Fsp3) is 0.345. The summed E-state index contributed by atoms with van der Waals surface area (Å²) < 4.78 is 0. The van der Waals surface area contributed by atoms with Crippen molar-refractivity contribution in [1.82, 2.24) is 0 Å². The van der Waals surface area contributed by atoms with Gasteiger partial charge < -0.3 is 15.5 Å². The Morgan fingerprint density at radius 1 is 0.909 bits per heavy atom. The number of aryl methyl sites for hydroxylation is 3. The van der Waals surface area contributed by atoms with Crippen LogP contribution in [-0.4, -0.2) is 16.1 Å². The van der Waals surface area contributed by atoms with E-state index in [1.807, 2.05) is 71.0 Å². The van der Waals surface area contributed by atoms with Gasteiger partial charge in [0.1, 0.15) is 11.5 Å². The quantitative estimate of drug-likeness (QED) is 0.437. The molecule has 1 aliphatic heterocycles. The van der Waals surface area contributed by atoms with Crippen molar-refractivity contribution in [2.75, 3.05) is 5.32 Å². The van der Waals surface area contributed by atoms with E-state index in [9.17, 15) is 15.0 Å². The van der Waals surface area contributed by atoms with Crippen molar-refractivity contribution in [1.29, 1.82) is 0 Å². The van der Waals surface area contributed by atoms with Gasteiger partial charge in [0.05, 0.1) is 5.41 Å². The van der Waals surface area contributed by atoms with Crippen molar-refractivity contribution < 1.29 is 15.0 Å². The number of phenols is 2. The van der Waals surface area contributed by atoms with Crippen molar-refractivity contribution in [3.05, 3.63) is 87.0 Å². The van der Waals surface area contributed by atoms with Crippen LogP contribution in [0, 0.1) is 13.8 Å². The molecule has 0 saturated heterocycles. The van der Waals surface area contributed by atoms with E-state index < -0.39 is 5.41 Å². The molecule has 4 nitrogen and oxygen atoms in total. The number of carbonyl (C=O) groups is 1. The number of nitrogens with one attached hydrogen (secondary N) is 1. The Morgan fingerprint density at radius 2 is 1.52 bits per heavy atom. The highest BCUT2D eigenvalue weighted by molar-refractivity contribution is 6.05. The van der Waals surface area contributed by atoms with E-state index in [1.165, 1.54) is 0 Å². The van der Waals surface area contributed by atoms with Crippen LogP contribution in [-0.2, 0) is 23.1 Å². The van der Waals surface area contributed by atoms with Crippen molar-refractivity contribution in [3.63, 3.8) is 0 Å². The summed E-state index contributed by atoms with van der Waals surface area (Å²) in [6.45, 7) is 12.0. The van der Waals surface area contributed by atoms with Crippen molar-refractivity contribution >= 4 is 11.6 Å². The topological polar surface area (TPSA) is 69.6 Å². The number of aromatic hydroxyl groups is 2. The minimum atomic E-state index is -0.579. The molecule has 0 fully saturated rings. The largest absolute Gasteiger partial charge is 0.507 e. The summed E-state index contributed by atoms with van der Waals surface area (Å²) in [4.78, 5) is 12.3. The highest BCUT2D eigenvalue weighted by atomic mass is 16.3. The molecule has 1 atom stereocenters. The van der Waals surface area contributed by atoms with E-state index in [0.29, 0.717) is 12.2 Å². The molecular formula is C29H33NO3. The molecule has 1 aliphatic rings. The molecule has 0 radical (unpaired) electrons. The first-order chi connectivity index (χ1) is 15.5. The molecule has 0 unspecified atom stereocenters. The molecule has 3 aromatic rings. The third kappa shape index (κ3) is 3.99. The molecule has 1 amide bonds. The molecule has 0 aliphatic carbocycles. The lowest BCUT2D eigenvalue weighted by molar-refractivity contribution is -0.119. The van der Waals surface area contributed by atoms with Crippen LogP contribution >= 0.6 is 0 Å². The molecule has 4 rings (SSSR count). The summed E-state index contributed by atoms with van der Waals surface area (Å²) in [5.74, 6) is 0.530. The zero-order valence-corrected chi connectivity index (χ0v) is 20.3. The predicted octanol–water partition coefficient (Wildman–Crippen LogP) is 6.25. The van der Waals surface area contributed by atoms with Gasteiger partial charge in [0, 0.05) is 23.6 Å². The van der Waals surface area contributed by atoms with Crippen molar-refractivity contribution in [2.24, 2.45) is 0 Å². The van der Waals surface area contributed by atoms with Gasteiger partial charge in [-0.2, -0.15) is 0 Å². The maximum Gasteiger partial charge on any atom is 0.234 e. The number of anilines is 1. The Labute approximate surface area is 196 Å². The number of phenolic OH excluding ortho intramolecular Hbond substituents is 2. The molecule has 4 heteroatoms. The van der Waals surface area contributed by atoms with Gasteiger partial charge in [0.25, 0.3) is 0 Å². The molecule has 0 bridgehead atoms. The third-order valence-electron chi connectivity index (χ3n) is 7.04. The van der Waals surface area contributed by atoms with Crippen LogP contribution in [0.4, 0.5) is 5.69 Å². The molecule has 172 valence electrons. The number of amides is 1. The fourth-order valence-corrected chi connectivity index (χ4v) is 4.93. The first kappa shape index (κ1) is 22.9. The van der Waals surface area contributed by atoms with E-state index in [0.717, 1.165) is 56.6 Å². The summed E-state index contributed by atoms with van der Waals surface area (Å²) in [5, 5.41) is 25.0. The van der Waals surface area contributed by atoms with Crippen LogP contribution in [0.3, 0.4) is 0 Å². The van der Waals surface area contributed by atoms with E-state index in [4.69, 9.17) is 0 Å². The number of rotatable bonds is 5. The maximum atomic E-state index is 12.3. The first-order valence-corrected chi connectivity index (χ1v) is 11.6. The highest BCUT2D eigenvalue weighted by Crippen LogP contribution is 2.42. The van der Waals surface area contributed by atoms with Gasteiger partial charge in [-0.1, -0.05) is 61.4 Å². The SMILES string of the molecule is CCc1cc(C)cc(Cc2cc(C)cc([C@@H](C)c3ccc4c(c3)C(C)(C)C(=O)N4)c2O)c1O. The lowest BCUT2D eigenvalue weighted by Gasteiger charge is -2.21. The number of carbonyl (C=O) groups excluding carboxylic acids is 1. The summed E-state index contributed by atoms with van der Waals surface area (Å²) in [6, 6.07) is 14.1. The van der Waals surface area contributed by atoms with Crippen molar-refractivity contribution in [3.8, 4) is 11.5 Å². The van der Waals surface area contributed by atoms with Gasteiger partial charge in [-0.3, -0.25) is 4.79 Å². The lowest BCUT2D eigenvalue weighted by atomic mass is 9.82. The molecule has 3 aromatic carbocycles. The second-order valence-corrected chi connectivity index (χ2v) is 9.93. The van der Waals surface area contributed by atoms with Gasteiger partial charge in [0.15, 0.2) is 0 Å². The minimum Gasteiger partial charge on any atom is -0.507 e. The normalized spacial score (nSPS) is 15.3. The Hall–Kier alpha value is -3.27. The van der Waals surface area contributed by atoms with Gasteiger partial charge in [-0.25, -0.2) is 0 Å². The summed E-state index contributed by atoms with van der Waals surface area (Å²) in [6.07, 6.45) is 1.22. The lowest BCUT2D eigenvalue weighted by Crippen LogP contribution is -2.26. The van der Waals surface area contributed by atoms with Crippen molar-refractivity contribution in [2.45, 2.75) is 65.7 Å². The Morgan fingerprint density at radius 3 is 2.18 bits per heavy atom. The molecule has 0 saturated carbocycles. The monoisotopic (exact) mass is 443 g/mol. The number of fused-ring (bicyclic) bond motifs is 1. The average Bonchev–Trinajstić information content (AvgIpc) is 3.00. The van der Waals surface area contributed by atoms with Crippen LogP contribution < -0.4 is 5.32 Å². The van der Waals surface area contributed by atoms with Gasteiger partial charge in [0.2, 0.25) is 5.91 Å². The molecule has 3 N–H and O–H groups in total. The number of benzene rings is 3. The van der Waals surface area contributed by atoms with Crippen LogP contribution in [0.2, 0.25) is 0 Å². The fourth-order valence-electron chi connectivity index (χ4n) is 4.93. The van der Waals surface area contributed by atoms with Gasteiger partial charge in [-0.15, -0.1) is 0 Å². The van der Waals surface area contributed by atoms with Crippen LogP contribution in [0.25, 0.3) is 0 Å². The van der Waals surface area contributed by atoms with E-state index in [1.54, 1.807) is 0 Å². The molecular weight excluding hydrogens is 410 g/mol. The average molecular weight is 444 g/mol. The van der Waals surface area contributed by atoms with Crippen LogP contribution in [0.5, 0.6) is 11.5 Å². The molecule has 0 aromatic heterocycles. The minimum absolute atomic E-state index is 0.00685. The Balaban J connectivity index is 1.74. The predicted molar refractivity (Wildman–Crippen MR) is 133 cm³/mol. The van der Waals surface area contributed by atoms with Gasteiger partial charge in [-0.05, 0) is 68.0 Å². The van der Waals surface area contributed by atoms with Gasteiger partial charge >= 0.3 is 0 Å². The molecule has 33 heavy (non-hydrogen) atoms. The Kier molecular flexibility index (Phi) is 5.73. The van der Waals surface area contributed by atoms with E-state index in [2.05, 4.69) is 18.3 Å². The standard InChI is InChI=1S/C29H33NO3/c1-7-19-10-16(2)11-21(26(19)31)14-22-12-17(3)13-23(27(22)32)18(4)20-8-9-25-24(15-20)29(5,6)28(33)30-25/h8-13,15,18,31-32H,7,14H2,1-6H3,(H,30,33)/t18-/m0/s1. The first-order valence-electron chi connectivity index (χ1n) is 11.6. The zero-order valence-electron chi connectivity index (χ0n) is 20.3. The second kappa shape index (κ2) is 8.26. The number of hydrogen-bond donors (Lipinski definition) is 3. The Bertz CT molecular complexity index is 1260. The summed E-state index contributed by atoms with van der Waals surface area (Å²) in [7, 11) is 0. The van der Waals surface area contributed by atoms with Crippen LogP contribution in [0.15, 0.2) is 42.5 Å². The highest BCUT2D eigenvalue weighted by Gasteiger charge is 2.38. The number of hydrogen-bond acceptors (Lipinski definition) is 3. The smallest absolute Gasteiger partial charge is 0.234 e. The zero-order chi connectivity index (χ0) is 24.1.